The molecular formula is C14H20N4O. The minimum Gasteiger partial charge on any atom is -0.394 e. The zero-order valence-electron chi connectivity index (χ0n) is 11.1. The number of aliphatic hydroxyl groups is 1. The van der Waals surface area contributed by atoms with Crippen LogP contribution >= 0.6 is 0 Å². The molecule has 19 heavy (non-hydrogen) atoms. The lowest BCUT2D eigenvalue weighted by Gasteiger charge is -2.18. The van der Waals surface area contributed by atoms with Crippen LogP contribution in [0, 0.1) is 0 Å². The quantitative estimate of drug-likeness (QED) is 0.741. The van der Waals surface area contributed by atoms with Gasteiger partial charge in [0.05, 0.1) is 17.8 Å². The molecule has 2 aromatic heterocycles. The Morgan fingerprint density at radius 3 is 3.05 bits per heavy atom. The summed E-state index contributed by atoms with van der Waals surface area (Å²) in [6.07, 6.45) is 4.83. The van der Waals surface area contributed by atoms with Gasteiger partial charge in [0.2, 0.25) is 0 Å². The maximum absolute atomic E-state index is 9.43. The predicted molar refractivity (Wildman–Crippen MR) is 78.0 cm³/mol. The zero-order valence-corrected chi connectivity index (χ0v) is 11.1. The van der Waals surface area contributed by atoms with Gasteiger partial charge in [-0.25, -0.2) is 4.98 Å². The molecule has 0 saturated carbocycles. The van der Waals surface area contributed by atoms with Crippen molar-refractivity contribution in [3.63, 3.8) is 0 Å². The van der Waals surface area contributed by atoms with Crippen molar-refractivity contribution in [2.24, 2.45) is 0 Å². The number of pyridine rings is 2. The summed E-state index contributed by atoms with van der Waals surface area (Å²) in [6, 6.07) is 5.50. The first kappa shape index (κ1) is 13.5. The van der Waals surface area contributed by atoms with Gasteiger partial charge in [0, 0.05) is 18.3 Å². The summed E-state index contributed by atoms with van der Waals surface area (Å²) >= 11 is 0. The summed E-state index contributed by atoms with van der Waals surface area (Å²) in [5, 5.41) is 12.7. The van der Waals surface area contributed by atoms with Gasteiger partial charge in [0.15, 0.2) is 0 Å². The number of nitrogens with two attached hydrogens (primary N) is 1. The highest BCUT2D eigenvalue weighted by atomic mass is 16.3. The minimum absolute atomic E-state index is 0.0203. The molecule has 2 rings (SSSR count). The fourth-order valence-electron chi connectivity index (χ4n) is 2.07. The molecule has 5 nitrogen and oxygen atoms in total. The molecule has 0 fully saturated rings. The van der Waals surface area contributed by atoms with E-state index in [1.54, 1.807) is 12.3 Å². The molecule has 1 atom stereocenters. The van der Waals surface area contributed by atoms with Gasteiger partial charge in [-0.3, -0.25) is 4.98 Å². The molecule has 0 aliphatic rings. The van der Waals surface area contributed by atoms with E-state index in [0.717, 1.165) is 36.0 Å². The molecule has 2 heterocycles. The van der Waals surface area contributed by atoms with Crippen LogP contribution in [-0.2, 0) is 0 Å². The largest absolute Gasteiger partial charge is 0.394 e. The van der Waals surface area contributed by atoms with E-state index in [-0.39, 0.29) is 12.6 Å². The van der Waals surface area contributed by atoms with Crippen molar-refractivity contribution in [2.45, 2.75) is 32.2 Å². The van der Waals surface area contributed by atoms with E-state index in [9.17, 15) is 5.11 Å². The van der Waals surface area contributed by atoms with Crippen molar-refractivity contribution in [1.29, 1.82) is 0 Å². The Kier molecular flexibility index (Phi) is 4.52. The molecule has 0 aromatic carbocycles. The van der Waals surface area contributed by atoms with E-state index in [4.69, 9.17) is 5.73 Å². The highest BCUT2D eigenvalue weighted by Crippen LogP contribution is 2.23. The Morgan fingerprint density at radius 2 is 2.32 bits per heavy atom. The van der Waals surface area contributed by atoms with Crippen LogP contribution in [0.2, 0.25) is 0 Å². The molecule has 102 valence electrons. The number of aliphatic hydroxyl groups excluding tert-OH is 1. The van der Waals surface area contributed by atoms with Crippen LogP contribution in [0.1, 0.15) is 26.2 Å². The Bertz CT molecular complexity index is 544. The minimum atomic E-state index is 0.0203. The number of fused-ring (bicyclic) bond motifs is 1. The molecule has 0 unspecified atom stereocenters. The SMILES string of the molecule is CCCC[C@H](CO)Nc1cc(N)nc2cccnc12. The lowest BCUT2D eigenvalue weighted by molar-refractivity contribution is 0.267. The third-order valence-electron chi connectivity index (χ3n) is 3.07. The summed E-state index contributed by atoms with van der Waals surface area (Å²) in [7, 11) is 0. The average molecular weight is 260 g/mol. The fourth-order valence-corrected chi connectivity index (χ4v) is 2.07. The van der Waals surface area contributed by atoms with Crippen molar-refractivity contribution >= 4 is 22.5 Å². The van der Waals surface area contributed by atoms with E-state index in [1.807, 2.05) is 12.1 Å². The van der Waals surface area contributed by atoms with Crippen LogP contribution in [0.15, 0.2) is 24.4 Å². The summed E-state index contributed by atoms with van der Waals surface area (Å²) in [4.78, 5) is 8.57. The Labute approximate surface area is 112 Å². The van der Waals surface area contributed by atoms with Crippen LogP contribution in [0.5, 0.6) is 0 Å². The molecule has 0 spiro atoms. The molecular weight excluding hydrogens is 240 g/mol. The number of nitrogens with zero attached hydrogens (tertiary/aromatic N) is 2. The zero-order chi connectivity index (χ0) is 13.7. The first-order valence-electron chi connectivity index (χ1n) is 6.63. The van der Waals surface area contributed by atoms with E-state index < -0.39 is 0 Å². The smallest absolute Gasteiger partial charge is 0.126 e. The molecule has 0 saturated heterocycles. The second-order valence-electron chi connectivity index (χ2n) is 4.63. The van der Waals surface area contributed by atoms with Gasteiger partial charge < -0.3 is 16.2 Å². The van der Waals surface area contributed by atoms with Crippen LogP contribution in [0.25, 0.3) is 11.0 Å². The lowest BCUT2D eigenvalue weighted by atomic mass is 10.1. The number of hydrogen-bond donors (Lipinski definition) is 3. The highest BCUT2D eigenvalue weighted by molar-refractivity contribution is 5.89. The summed E-state index contributed by atoms with van der Waals surface area (Å²) in [5.41, 5.74) is 8.18. The Hall–Kier alpha value is -1.88. The van der Waals surface area contributed by atoms with Crippen LogP contribution in [-0.4, -0.2) is 27.7 Å². The van der Waals surface area contributed by atoms with E-state index in [1.165, 1.54) is 0 Å². The number of unbranched alkanes of at least 4 members (excludes halogenated alkanes) is 1. The molecule has 0 aliphatic carbocycles. The lowest BCUT2D eigenvalue weighted by Crippen LogP contribution is -2.24. The average Bonchev–Trinajstić information content (AvgIpc) is 2.43. The number of nitrogen functional groups attached to an aromatic ring is 1. The summed E-state index contributed by atoms with van der Waals surface area (Å²) in [6.45, 7) is 2.23. The third-order valence-corrected chi connectivity index (χ3v) is 3.07. The van der Waals surface area contributed by atoms with Gasteiger partial charge in [-0.15, -0.1) is 0 Å². The van der Waals surface area contributed by atoms with Crippen LogP contribution in [0.3, 0.4) is 0 Å². The number of hydrogen-bond acceptors (Lipinski definition) is 5. The molecule has 0 amide bonds. The second-order valence-corrected chi connectivity index (χ2v) is 4.63. The number of anilines is 2. The molecule has 0 aliphatic heterocycles. The number of aromatic nitrogens is 2. The Morgan fingerprint density at radius 1 is 1.47 bits per heavy atom. The molecule has 0 bridgehead atoms. The second kappa shape index (κ2) is 6.33. The predicted octanol–water partition coefficient (Wildman–Crippen LogP) is 2.17. The van der Waals surface area contributed by atoms with Crippen molar-refractivity contribution in [2.75, 3.05) is 17.7 Å². The van der Waals surface area contributed by atoms with Crippen LogP contribution in [0.4, 0.5) is 11.5 Å². The van der Waals surface area contributed by atoms with Crippen molar-refractivity contribution in [1.82, 2.24) is 9.97 Å². The van der Waals surface area contributed by atoms with Gasteiger partial charge >= 0.3 is 0 Å². The van der Waals surface area contributed by atoms with Gasteiger partial charge in [-0.2, -0.15) is 0 Å². The monoisotopic (exact) mass is 260 g/mol. The molecule has 4 N–H and O–H groups in total. The third kappa shape index (κ3) is 3.32. The van der Waals surface area contributed by atoms with Crippen molar-refractivity contribution < 1.29 is 5.11 Å². The standard InChI is InChI=1S/C14H20N4O/c1-2-3-5-10(9-19)17-12-8-13(15)18-11-6-4-7-16-14(11)12/h4,6-8,10,19H,2-3,5,9H2,1H3,(H3,15,17,18)/t10-/m1/s1. The summed E-state index contributed by atoms with van der Waals surface area (Å²) < 4.78 is 0. The first-order chi connectivity index (χ1) is 9.24. The van der Waals surface area contributed by atoms with Crippen molar-refractivity contribution in [3.8, 4) is 0 Å². The maximum atomic E-state index is 9.43. The maximum Gasteiger partial charge on any atom is 0.126 e. The fraction of sp³-hybridized carbons (Fsp3) is 0.429. The van der Waals surface area contributed by atoms with E-state index in [2.05, 4.69) is 22.2 Å². The number of rotatable bonds is 6. The highest BCUT2D eigenvalue weighted by Gasteiger charge is 2.11. The molecule has 0 radical (unpaired) electrons. The van der Waals surface area contributed by atoms with Crippen LogP contribution < -0.4 is 11.1 Å². The molecule has 2 aromatic rings. The molecule has 5 heteroatoms. The van der Waals surface area contributed by atoms with Gasteiger partial charge in [-0.05, 0) is 18.6 Å². The van der Waals surface area contributed by atoms with E-state index >= 15 is 0 Å². The van der Waals surface area contributed by atoms with Gasteiger partial charge in [0.1, 0.15) is 11.3 Å². The normalized spacial score (nSPS) is 12.5. The van der Waals surface area contributed by atoms with Gasteiger partial charge in [-0.1, -0.05) is 19.8 Å². The number of nitrogens with one attached hydrogen (secondary N) is 1. The Balaban J connectivity index is 2.28. The van der Waals surface area contributed by atoms with Gasteiger partial charge in [0.25, 0.3) is 0 Å². The summed E-state index contributed by atoms with van der Waals surface area (Å²) in [5.74, 6) is 0.454. The first-order valence-corrected chi connectivity index (χ1v) is 6.63. The topological polar surface area (TPSA) is 84.1 Å². The van der Waals surface area contributed by atoms with Crippen molar-refractivity contribution in [3.05, 3.63) is 24.4 Å². The van der Waals surface area contributed by atoms with E-state index in [0.29, 0.717) is 5.82 Å².